The minimum atomic E-state index is -0.758. The molecular formula is C28H23BrN2O4S. The topological polar surface area (TPSA) is 69.9 Å². The molecule has 5 rings (SSSR count). The van der Waals surface area contributed by atoms with Gasteiger partial charge in [0, 0.05) is 10.0 Å². The SMILES string of the molecule is CCOC(=O)C1=C(C)N=c2sc(=Cc3cccc(Br)c3)c(=O)n2[C@@H]1c1c(OC)ccc2ccccc12. The number of carbonyl (C=O) groups excluding carboxylic acids is 1. The summed E-state index contributed by atoms with van der Waals surface area (Å²) in [4.78, 5) is 32.4. The Morgan fingerprint density at radius 3 is 2.72 bits per heavy atom. The quantitative estimate of drug-likeness (QED) is 0.330. The predicted molar refractivity (Wildman–Crippen MR) is 145 cm³/mol. The smallest absolute Gasteiger partial charge is 0.338 e. The number of nitrogens with zero attached hydrogens (tertiary/aromatic N) is 2. The fourth-order valence-corrected chi connectivity index (χ4v) is 6.01. The number of hydrogen-bond donors (Lipinski definition) is 0. The van der Waals surface area contributed by atoms with Crippen molar-refractivity contribution in [3.8, 4) is 5.75 Å². The van der Waals surface area contributed by atoms with Gasteiger partial charge in [-0.3, -0.25) is 9.36 Å². The van der Waals surface area contributed by atoms with E-state index in [2.05, 4.69) is 20.9 Å². The number of rotatable bonds is 5. The number of esters is 1. The zero-order chi connectivity index (χ0) is 25.4. The van der Waals surface area contributed by atoms with E-state index in [0.29, 0.717) is 26.4 Å². The summed E-state index contributed by atoms with van der Waals surface area (Å²) >= 11 is 4.78. The molecule has 0 saturated carbocycles. The van der Waals surface area contributed by atoms with Crippen LogP contribution in [0.3, 0.4) is 0 Å². The van der Waals surface area contributed by atoms with Crippen LogP contribution in [-0.4, -0.2) is 24.3 Å². The zero-order valence-corrected chi connectivity index (χ0v) is 22.4. The number of allylic oxidation sites excluding steroid dienone is 1. The summed E-state index contributed by atoms with van der Waals surface area (Å²) in [6.07, 6.45) is 1.84. The van der Waals surface area contributed by atoms with Gasteiger partial charge < -0.3 is 9.47 Å². The molecule has 2 heterocycles. The molecule has 0 fully saturated rings. The van der Waals surface area contributed by atoms with Gasteiger partial charge in [-0.1, -0.05) is 69.7 Å². The van der Waals surface area contributed by atoms with Crippen LogP contribution >= 0.6 is 27.3 Å². The number of ether oxygens (including phenoxy) is 2. The van der Waals surface area contributed by atoms with Crippen LogP contribution in [-0.2, 0) is 9.53 Å². The van der Waals surface area contributed by atoms with Gasteiger partial charge in [0.05, 0.1) is 29.5 Å². The summed E-state index contributed by atoms with van der Waals surface area (Å²) in [5.41, 5.74) is 2.22. The highest BCUT2D eigenvalue weighted by molar-refractivity contribution is 9.10. The highest BCUT2D eigenvalue weighted by Crippen LogP contribution is 2.40. The van der Waals surface area contributed by atoms with E-state index in [1.54, 1.807) is 25.5 Å². The maximum atomic E-state index is 13.9. The van der Waals surface area contributed by atoms with Crippen molar-refractivity contribution in [2.24, 2.45) is 4.99 Å². The minimum absolute atomic E-state index is 0.211. The molecule has 0 unspecified atom stereocenters. The van der Waals surface area contributed by atoms with Gasteiger partial charge in [0.25, 0.3) is 5.56 Å². The summed E-state index contributed by atoms with van der Waals surface area (Å²) in [6.45, 7) is 3.75. The third-order valence-corrected chi connectivity index (χ3v) is 7.56. The van der Waals surface area contributed by atoms with Crippen LogP contribution in [0.1, 0.15) is 31.0 Å². The number of hydrogen-bond acceptors (Lipinski definition) is 6. The van der Waals surface area contributed by atoms with E-state index in [1.165, 1.54) is 11.3 Å². The molecule has 3 aromatic carbocycles. The first kappa shape index (κ1) is 24.2. The molecule has 0 saturated heterocycles. The van der Waals surface area contributed by atoms with Gasteiger partial charge in [-0.15, -0.1) is 0 Å². The summed E-state index contributed by atoms with van der Waals surface area (Å²) in [6, 6.07) is 18.7. The fourth-order valence-electron chi connectivity index (χ4n) is 4.55. The van der Waals surface area contributed by atoms with E-state index in [9.17, 15) is 9.59 Å². The number of methoxy groups -OCH3 is 1. The van der Waals surface area contributed by atoms with E-state index in [0.717, 1.165) is 26.4 Å². The monoisotopic (exact) mass is 562 g/mol. The molecule has 6 nitrogen and oxygen atoms in total. The highest BCUT2D eigenvalue weighted by Gasteiger charge is 2.36. The van der Waals surface area contributed by atoms with E-state index in [1.807, 2.05) is 66.7 Å². The minimum Gasteiger partial charge on any atom is -0.496 e. The first-order chi connectivity index (χ1) is 17.4. The van der Waals surface area contributed by atoms with Crippen molar-refractivity contribution in [3.63, 3.8) is 0 Å². The molecule has 0 amide bonds. The van der Waals surface area contributed by atoms with Gasteiger partial charge in [-0.2, -0.15) is 0 Å². The van der Waals surface area contributed by atoms with Gasteiger partial charge in [0.1, 0.15) is 11.8 Å². The van der Waals surface area contributed by atoms with Crippen molar-refractivity contribution in [1.29, 1.82) is 0 Å². The lowest BCUT2D eigenvalue weighted by Gasteiger charge is -2.27. The lowest BCUT2D eigenvalue weighted by molar-refractivity contribution is -0.139. The lowest BCUT2D eigenvalue weighted by atomic mass is 9.90. The van der Waals surface area contributed by atoms with Crippen molar-refractivity contribution in [2.75, 3.05) is 13.7 Å². The average molecular weight is 563 g/mol. The van der Waals surface area contributed by atoms with Gasteiger partial charge in [0.15, 0.2) is 4.80 Å². The van der Waals surface area contributed by atoms with Gasteiger partial charge in [-0.25, -0.2) is 9.79 Å². The van der Waals surface area contributed by atoms with Crippen LogP contribution in [0.25, 0.3) is 16.8 Å². The Morgan fingerprint density at radius 2 is 1.97 bits per heavy atom. The largest absolute Gasteiger partial charge is 0.496 e. The van der Waals surface area contributed by atoms with E-state index in [-0.39, 0.29) is 12.2 Å². The van der Waals surface area contributed by atoms with Crippen LogP contribution in [0, 0.1) is 0 Å². The van der Waals surface area contributed by atoms with Crippen LogP contribution in [0.2, 0.25) is 0 Å². The van der Waals surface area contributed by atoms with Gasteiger partial charge >= 0.3 is 5.97 Å². The zero-order valence-electron chi connectivity index (χ0n) is 19.9. The maximum Gasteiger partial charge on any atom is 0.338 e. The normalized spacial score (nSPS) is 15.6. The Balaban J connectivity index is 1.86. The molecule has 0 radical (unpaired) electrons. The maximum absolute atomic E-state index is 13.9. The summed E-state index contributed by atoms with van der Waals surface area (Å²) < 4.78 is 14.2. The van der Waals surface area contributed by atoms with E-state index < -0.39 is 12.0 Å². The van der Waals surface area contributed by atoms with Crippen molar-refractivity contribution < 1.29 is 14.3 Å². The number of aromatic nitrogens is 1. The molecule has 1 atom stereocenters. The molecule has 4 aromatic rings. The lowest BCUT2D eigenvalue weighted by Crippen LogP contribution is -2.40. The van der Waals surface area contributed by atoms with Crippen LogP contribution < -0.4 is 19.6 Å². The van der Waals surface area contributed by atoms with Crippen LogP contribution in [0.5, 0.6) is 5.75 Å². The first-order valence-electron chi connectivity index (χ1n) is 11.4. The Labute approximate surface area is 220 Å². The molecule has 0 spiro atoms. The Bertz CT molecular complexity index is 1720. The number of fused-ring (bicyclic) bond motifs is 2. The highest BCUT2D eigenvalue weighted by atomic mass is 79.9. The second-order valence-corrected chi connectivity index (χ2v) is 10.2. The van der Waals surface area contributed by atoms with E-state index in [4.69, 9.17) is 9.47 Å². The summed E-state index contributed by atoms with van der Waals surface area (Å²) in [5, 5.41) is 1.86. The molecule has 1 aliphatic rings. The standard InChI is InChI=1S/C28H23BrN2O4S/c1-4-35-27(33)23-16(2)30-28-31(26(32)22(36-28)15-17-8-7-10-19(29)14-17)25(23)24-20-11-6-5-9-18(20)12-13-21(24)34-3/h5-15,25H,4H2,1-3H3/t25-/m0/s1. The number of halogens is 1. The van der Waals surface area contributed by atoms with Gasteiger partial charge in [-0.05, 0) is 54.5 Å². The van der Waals surface area contributed by atoms with Gasteiger partial charge in [0.2, 0.25) is 0 Å². The molecule has 8 heteroatoms. The van der Waals surface area contributed by atoms with Crippen molar-refractivity contribution >= 4 is 50.1 Å². The number of benzene rings is 3. The third-order valence-electron chi connectivity index (χ3n) is 6.09. The second kappa shape index (κ2) is 9.87. The Kier molecular flexibility index (Phi) is 6.64. The summed E-state index contributed by atoms with van der Waals surface area (Å²) in [5.74, 6) is 0.0803. The molecule has 0 bridgehead atoms. The molecular weight excluding hydrogens is 540 g/mol. The second-order valence-electron chi connectivity index (χ2n) is 8.26. The van der Waals surface area contributed by atoms with Crippen molar-refractivity contribution in [1.82, 2.24) is 4.57 Å². The van der Waals surface area contributed by atoms with Crippen molar-refractivity contribution in [2.45, 2.75) is 19.9 Å². The molecule has 1 aromatic heterocycles. The molecule has 0 aliphatic carbocycles. The molecule has 1 aliphatic heterocycles. The first-order valence-corrected chi connectivity index (χ1v) is 13.0. The Morgan fingerprint density at radius 1 is 1.17 bits per heavy atom. The Hall–Kier alpha value is -3.49. The van der Waals surface area contributed by atoms with Crippen LogP contribution in [0.15, 0.2) is 86.2 Å². The van der Waals surface area contributed by atoms with Crippen molar-refractivity contribution in [3.05, 3.63) is 107 Å². The van der Waals surface area contributed by atoms with Crippen LogP contribution in [0.4, 0.5) is 0 Å². The number of thiazole rings is 1. The number of carbonyl (C=O) groups is 1. The summed E-state index contributed by atoms with van der Waals surface area (Å²) in [7, 11) is 1.59. The predicted octanol–water partition coefficient (Wildman–Crippen LogP) is 4.72. The molecule has 36 heavy (non-hydrogen) atoms. The van der Waals surface area contributed by atoms with E-state index >= 15 is 0 Å². The average Bonchev–Trinajstić information content (AvgIpc) is 3.16. The fraction of sp³-hybridized carbons (Fsp3) is 0.179. The molecule has 182 valence electrons. The third kappa shape index (κ3) is 4.20. The molecule has 0 N–H and O–H groups in total.